The van der Waals surface area contributed by atoms with E-state index in [1.165, 1.54) is 16.7 Å². The minimum atomic E-state index is -3.55. The molecule has 3 heterocycles. The smallest absolute Gasteiger partial charge is 0.216 e. The highest BCUT2D eigenvalue weighted by Crippen LogP contribution is 2.45. The molecule has 43 heavy (non-hydrogen) atoms. The van der Waals surface area contributed by atoms with Gasteiger partial charge in [0.15, 0.2) is 5.79 Å². The van der Waals surface area contributed by atoms with E-state index >= 15 is 0 Å². The molecule has 1 spiro atoms. The van der Waals surface area contributed by atoms with Gasteiger partial charge < -0.3 is 14.2 Å². The molecule has 0 radical (unpaired) electrons. The van der Waals surface area contributed by atoms with E-state index in [1.807, 2.05) is 0 Å². The van der Waals surface area contributed by atoms with Gasteiger partial charge in [0.2, 0.25) is 10.0 Å². The van der Waals surface area contributed by atoms with Gasteiger partial charge >= 0.3 is 0 Å². The summed E-state index contributed by atoms with van der Waals surface area (Å²) in [5, 5.41) is 6.68. The van der Waals surface area contributed by atoms with Gasteiger partial charge in [-0.15, -0.1) is 0 Å². The van der Waals surface area contributed by atoms with Crippen LogP contribution in [-0.2, 0) is 24.2 Å². The van der Waals surface area contributed by atoms with E-state index in [-0.39, 0.29) is 34.8 Å². The summed E-state index contributed by atoms with van der Waals surface area (Å²) in [6.45, 7) is 15.1. The van der Waals surface area contributed by atoms with Crippen LogP contribution in [0, 0.1) is 31.1 Å². The summed E-state index contributed by atoms with van der Waals surface area (Å²) < 4.78 is 49.4. The normalized spacial score (nSPS) is 35.5. The van der Waals surface area contributed by atoms with Crippen molar-refractivity contribution in [2.75, 3.05) is 32.9 Å². The van der Waals surface area contributed by atoms with E-state index in [4.69, 9.17) is 14.2 Å². The molecular weight excluding hydrogens is 564 g/mol. The Bertz CT molecular complexity index is 1200. The third kappa shape index (κ3) is 7.49. The first-order chi connectivity index (χ1) is 20.4. The van der Waals surface area contributed by atoms with Gasteiger partial charge in [0, 0.05) is 44.4 Å². The Morgan fingerprint density at radius 1 is 1.02 bits per heavy atom. The molecule has 0 aromatic heterocycles. The molecule has 1 aromatic carbocycles. The standard InChI is InChI=1S/C33H54N4O5S/c1-22-8-6-9-23(2)30(22)28-15-29-35-31(34-28)36-43(38,39)27-11-7-10-24(14-27)19-37(26(21-40-29)18-32(3,4)5)20-25-16-33(17-25)41-12-13-42-33/h6,8-9,24-29,31,34-36H,7,10-21H2,1-5H3/t24?,26-,27?,28?,29?,31?/m1/s1. The second-order valence-electron chi connectivity index (χ2n) is 15.3. The maximum Gasteiger partial charge on any atom is 0.216 e. The van der Waals surface area contributed by atoms with Crippen molar-refractivity contribution in [2.24, 2.45) is 17.3 Å². The number of nitrogens with zero attached hydrogens (tertiary/aromatic N) is 1. The first-order valence-electron chi connectivity index (χ1n) is 16.6. The maximum atomic E-state index is 13.8. The Hall–Kier alpha value is -1.11. The molecule has 5 aliphatic rings. The lowest BCUT2D eigenvalue weighted by molar-refractivity contribution is -0.233. The highest BCUT2D eigenvalue weighted by Gasteiger charge is 2.50. The van der Waals surface area contributed by atoms with Crippen LogP contribution in [0.15, 0.2) is 18.2 Å². The van der Waals surface area contributed by atoms with Crippen LogP contribution < -0.4 is 15.4 Å². The third-order valence-corrected chi connectivity index (χ3v) is 12.2. The van der Waals surface area contributed by atoms with Gasteiger partial charge in [-0.25, -0.2) is 8.42 Å². The average molecular weight is 619 g/mol. The summed E-state index contributed by atoms with van der Waals surface area (Å²) in [6, 6.07) is 6.56. The van der Waals surface area contributed by atoms with Crippen LogP contribution in [0.1, 0.15) is 94.9 Å². The average Bonchev–Trinajstić information content (AvgIpc) is 3.39. The summed E-state index contributed by atoms with van der Waals surface area (Å²) in [4.78, 5) is 2.66. The fraction of sp³-hybridized carbons (Fsp3) is 0.818. The van der Waals surface area contributed by atoms with Crippen LogP contribution >= 0.6 is 0 Å². The lowest BCUT2D eigenvalue weighted by Crippen LogP contribution is -2.64. The second-order valence-corrected chi connectivity index (χ2v) is 17.2. The van der Waals surface area contributed by atoms with E-state index < -0.39 is 16.3 Å². The fourth-order valence-electron chi connectivity index (χ4n) is 8.44. The summed E-state index contributed by atoms with van der Waals surface area (Å²) in [5.41, 5.74) is 3.77. The van der Waals surface area contributed by atoms with E-state index in [1.54, 1.807) is 0 Å². The molecule has 2 saturated carbocycles. The van der Waals surface area contributed by atoms with Crippen molar-refractivity contribution in [3.63, 3.8) is 0 Å². The first kappa shape index (κ1) is 31.9. The molecule has 6 rings (SSSR count). The Balaban J connectivity index is 1.29. The molecule has 9 nitrogen and oxygen atoms in total. The van der Waals surface area contributed by atoms with Gasteiger partial charge in [0.25, 0.3) is 0 Å². The lowest BCUT2D eigenvalue weighted by Gasteiger charge is -2.47. The van der Waals surface area contributed by atoms with E-state index in [0.29, 0.717) is 44.5 Å². The summed E-state index contributed by atoms with van der Waals surface area (Å²) >= 11 is 0. The number of benzene rings is 1. The molecule has 4 bridgehead atoms. The number of ether oxygens (including phenoxy) is 3. The Kier molecular flexibility index (Phi) is 9.33. The Morgan fingerprint density at radius 3 is 2.44 bits per heavy atom. The van der Waals surface area contributed by atoms with Crippen LogP contribution in [0.5, 0.6) is 0 Å². The van der Waals surface area contributed by atoms with Crippen molar-refractivity contribution < 1.29 is 22.6 Å². The molecule has 3 saturated heterocycles. The predicted molar refractivity (Wildman–Crippen MR) is 168 cm³/mol. The van der Waals surface area contributed by atoms with Crippen LogP contribution in [0.3, 0.4) is 0 Å². The van der Waals surface area contributed by atoms with Crippen molar-refractivity contribution in [1.29, 1.82) is 0 Å². The first-order valence-corrected chi connectivity index (χ1v) is 18.2. The van der Waals surface area contributed by atoms with E-state index in [2.05, 4.69) is 73.1 Å². The topological polar surface area (TPSA) is 101 Å². The predicted octanol–water partition coefficient (Wildman–Crippen LogP) is 4.31. The van der Waals surface area contributed by atoms with Crippen molar-refractivity contribution >= 4 is 10.0 Å². The molecule has 242 valence electrons. The maximum absolute atomic E-state index is 13.8. The van der Waals surface area contributed by atoms with Crippen LogP contribution in [0.2, 0.25) is 0 Å². The van der Waals surface area contributed by atoms with Crippen molar-refractivity contribution in [2.45, 2.75) is 122 Å². The minimum Gasteiger partial charge on any atom is -0.362 e. The molecular formula is C33H54N4O5S. The van der Waals surface area contributed by atoms with Crippen LogP contribution in [0.25, 0.3) is 0 Å². The van der Waals surface area contributed by atoms with Crippen LogP contribution in [0.4, 0.5) is 0 Å². The van der Waals surface area contributed by atoms with Crippen molar-refractivity contribution in [3.8, 4) is 0 Å². The van der Waals surface area contributed by atoms with Gasteiger partial charge in [-0.1, -0.05) is 45.4 Å². The molecule has 1 aromatic rings. The zero-order chi connectivity index (χ0) is 30.4. The van der Waals surface area contributed by atoms with Gasteiger partial charge in [0.05, 0.1) is 25.1 Å². The Labute approximate surface area is 259 Å². The highest BCUT2D eigenvalue weighted by atomic mass is 32.2. The molecule has 2 aliphatic carbocycles. The van der Waals surface area contributed by atoms with Crippen LogP contribution in [-0.4, -0.2) is 75.8 Å². The molecule has 3 aliphatic heterocycles. The summed E-state index contributed by atoms with van der Waals surface area (Å²) in [5.74, 6) is 0.488. The number of fused-ring (bicyclic) bond motifs is 4. The van der Waals surface area contributed by atoms with Gasteiger partial charge in [-0.05, 0) is 73.5 Å². The van der Waals surface area contributed by atoms with Crippen molar-refractivity contribution in [3.05, 3.63) is 34.9 Å². The quantitative estimate of drug-likeness (QED) is 0.459. The highest BCUT2D eigenvalue weighted by molar-refractivity contribution is 7.90. The zero-order valence-electron chi connectivity index (χ0n) is 26.9. The molecule has 0 amide bonds. The van der Waals surface area contributed by atoms with Crippen molar-refractivity contribution in [1.82, 2.24) is 20.3 Å². The number of hydrogen-bond donors (Lipinski definition) is 3. The number of hydrogen-bond acceptors (Lipinski definition) is 8. The molecule has 3 N–H and O–H groups in total. The second kappa shape index (κ2) is 12.6. The summed E-state index contributed by atoms with van der Waals surface area (Å²) in [7, 11) is -3.55. The largest absolute Gasteiger partial charge is 0.362 e. The van der Waals surface area contributed by atoms with Gasteiger partial charge in [0.1, 0.15) is 12.5 Å². The van der Waals surface area contributed by atoms with E-state index in [9.17, 15) is 8.42 Å². The monoisotopic (exact) mass is 618 g/mol. The number of sulfonamides is 1. The fourth-order valence-corrected chi connectivity index (χ4v) is 10.1. The molecule has 10 heteroatoms. The number of rotatable bonds is 4. The van der Waals surface area contributed by atoms with E-state index in [0.717, 1.165) is 51.6 Å². The number of aryl methyl sites for hydroxylation is 2. The molecule has 5 fully saturated rings. The van der Waals surface area contributed by atoms with Gasteiger partial charge in [-0.2, -0.15) is 4.72 Å². The lowest BCUT2D eigenvalue weighted by atomic mass is 9.77. The number of nitrogens with one attached hydrogen (secondary N) is 3. The summed E-state index contributed by atoms with van der Waals surface area (Å²) in [6.07, 6.45) is 6.16. The molecule has 5 unspecified atom stereocenters. The zero-order valence-corrected chi connectivity index (χ0v) is 27.7. The SMILES string of the molecule is Cc1cccc(C)c1C1CC2NC(N1)NS(=O)(=O)C1CCCC(C1)CN(CC1CC3(C1)OCCO3)[C@H](CC(C)(C)C)CO2. The minimum absolute atomic E-state index is 0.0286. The third-order valence-electron chi connectivity index (χ3n) is 10.4. The Morgan fingerprint density at radius 2 is 1.74 bits per heavy atom. The molecule has 6 atom stereocenters. The van der Waals surface area contributed by atoms with Gasteiger partial charge in [-0.3, -0.25) is 15.5 Å².